The Balaban J connectivity index is 1.88. The molecule has 0 N–H and O–H groups in total. The van der Waals surface area contributed by atoms with Crippen molar-refractivity contribution in [3.05, 3.63) is 70.8 Å². The number of benzene rings is 2. The number of rotatable bonds is 1. The van der Waals surface area contributed by atoms with Crippen LogP contribution in [0.3, 0.4) is 0 Å². The third-order valence-corrected chi connectivity index (χ3v) is 6.74. The minimum Gasteiger partial charge on any atom is -0.273 e. The molecule has 3 aliphatic rings. The number of halogens is 1. The first-order valence-corrected chi connectivity index (χ1v) is 9.72. The van der Waals surface area contributed by atoms with Gasteiger partial charge in [-0.2, -0.15) is 8.42 Å². The molecular formula is C17H12ClNO3S. The lowest BCUT2D eigenvalue weighted by Gasteiger charge is -2.30. The van der Waals surface area contributed by atoms with Crippen LogP contribution in [0.4, 0.5) is 0 Å². The predicted octanol–water partition coefficient (Wildman–Crippen LogP) is 2.91. The molecule has 1 heterocycles. The predicted molar refractivity (Wildman–Crippen MR) is 85.3 cm³/mol. The van der Waals surface area contributed by atoms with Crippen molar-refractivity contribution >= 4 is 25.8 Å². The lowest BCUT2D eigenvalue weighted by molar-refractivity contribution is -0.127. The van der Waals surface area contributed by atoms with Crippen LogP contribution in [-0.4, -0.2) is 18.6 Å². The zero-order valence-electron chi connectivity index (χ0n) is 11.9. The summed E-state index contributed by atoms with van der Waals surface area (Å²) in [4.78, 5) is 12.9. The van der Waals surface area contributed by atoms with E-state index in [0.717, 1.165) is 26.6 Å². The van der Waals surface area contributed by atoms with Gasteiger partial charge in [-0.25, -0.2) is 4.31 Å². The number of carbonyl (C=O) groups is 1. The highest BCUT2D eigenvalue weighted by Crippen LogP contribution is 2.66. The Kier molecular flexibility index (Phi) is 2.46. The number of amides is 1. The highest BCUT2D eigenvalue weighted by atomic mass is 35.7. The summed E-state index contributed by atoms with van der Waals surface area (Å²) in [6.07, 6.45) is 0. The fourth-order valence-electron chi connectivity index (χ4n) is 4.77. The molecular weight excluding hydrogens is 334 g/mol. The van der Waals surface area contributed by atoms with E-state index >= 15 is 0 Å². The maximum absolute atomic E-state index is 12.9. The molecule has 1 amide bonds. The van der Waals surface area contributed by atoms with Gasteiger partial charge in [0.05, 0.1) is 12.0 Å². The third-order valence-electron chi connectivity index (χ3n) is 5.42. The van der Waals surface area contributed by atoms with Gasteiger partial charge < -0.3 is 0 Å². The van der Waals surface area contributed by atoms with Gasteiger partial charge >= 0.3 is 9.24 Å². The van der Waals surface area contributed by atoms with Crippen LogP contribution >= 0.6 is 10.7 Å². The first-order valence-electron chi connectivity index (χ1n) is 7.45. The Morgan fingerprint density at radius 1 is 0.826 bits per heavy atom. The molecule has 1 aliphatic heterocycles. The molecule has 1 saturated heterocycles. The molecule has 0 radical (unpaired) electrons. The van der Waals surface area contributed by atoms with Gasteiger partial charge in [0.15, 0.2) is 0 Å². The minimum absolute atomic E-state index is 0.0837. The lowest BCUT2D eigenvalue weighted by atomic mass is 9.73. The van der Waals surface area contributed by atoms with Crippen LogP contribution in [0.25, 0.3) is 0 Å². The van der Waals surface area contributed by atoms with Gasteiger partial charge in [0, 0.05) is 22.5 Å². The van der Waals surface area contributed by atoms with Crippen LogP contribution in [0, 0.1) is 5.92 Å². The molecule has 0 unspecified atom stereocenters. The summed E-state index contributed by atoms with van der Waals surface area (Å²) in [7, 11) is 1.49. The monoisotopic (exact) mass is 345 g/mol. The van der Waals surface area contributed by atoms with Crippen molar-refractivity contribution in [2.75, 3.05) is 0 Å². The first-order chi connectivity index (χ1) is 11.0. The average molecular weight is 346 g/mol. The molecule has 6 heteroatoms. The van der Waals surface area contributed by atoms with Crippen molar-refractivity contribution in [2.24, 2.45) is 5.92 Å². The van der Waals surface area contributed by atoms with Crippen LogP contribution in [0.5, 0.6) is 0 Å². The van der Waals surface area contributed by atoms with E-state index in [0.29, 0.717) is 0 Å². The highest BCUT2D eigenvalue weighted by molar-refractivity contribution is 8.12. The molecule has 2 aliphatic carbocycles. The number of hydrogen-bond donors (Lipinski definition) is 0. The molecule has 23 heavy (non-hydrogen) atoms. The molecule has 0 spiro atoms. The first kappa shape index (κ1) is 13.6. The summed E-state index contributed by atoms with van der Waals surface area (Å²) < 4.78 is 25.0. The van der Waals surface area contributed by atoms with E-state index in [1.165, 1.54) is 0 Å². The van der Waals surface area contributed by atoms with Gasteiger partial charge in [-0.3, -0.25) is 4.79 Å². The molecule has 4 bridgehead atoms. The highest BCUT2D eigenvalue weighted by Gasteiger charge is 2.63. The number of carbonyl (C=O) groups excluding carboxylic acids is 1. The summed E-state index contributed by atoms with van der Waals surface area (Å²) in [6.45, 7) is 0. The molecule has 0 aromatic heterocycles. The van der Waals surface area contributed by atoms with Gasteiger partial charge in [0.25, 0.3) is 0 Å². The molecule has 116 valence electrons. The van der Waals surface area contributed by atoms with Crippen LogP contribution in [0.2, 0.25) is 0 Å². The molecule has 4 nitrogen and oxygen atoms in total. The summed E-state index contributed by atoms with van der Waals surface area (Å²) in [5.41, 5.74) is 4.14. The topological polar surface area (TPSA) is 54.5 Å². The Bertz CT molecular complexity index is 971. The Morgan fingerprint density at radius 2 is 1.35 bits per heavy atom. The quantitative estimate of drug-likeness (QED) is 0.747. The van der Waals surface area contributed by atoms with Crippen LogP contribution in [0.15, 0.2) is 48.5 Å². The molecule has 1 fully saturated rings. The van der Waals surface area contributed by atoms with E-state index < -0.39 is 15.3 Å². The van der Waals surface area contributed by atoms with E-state index in [2.05, 4.69) is 0 Å². The molecule has 5 rings (SSSR count). The van der Waals surface area contributed by atoms with Crippen molar-refractivity contribution in [3.8, 4) is 0 Å². The molecule has 0 saturated carbocycles. The van der Waals surface area contributed by atoms with Crippen LogP contribution in [-0.2, 0) is 14.0 Å². The largest absolute Gasteiger partial charge is 0.324 e. The standard InChI is InChI=1S/C17H12ClNO3S/c18-23(21,22)19-16-12-8-4-3-7-11(12)13-9-5-1-2-6-10(9)14(16)15(13)17(19)20/h1-8,13-16H/t13-,14-,15-,16-/m0/s1. The molecule has 2 aromatic carbocycles. The summed E-state index contributed by atoms with van der Waals surface area (Å²) in [6, 6.07) is 15.1. The van der Waals surface area contributed by atoms with Crippen molar-refractivity contribution in [1.82, 2.24) is 4.31 Å². The van der Waals surface area contributed by atoms with E-state index in [1.807, 2.05) is 48.5 Å². The summed E-state index contributed by atoms with van der Waals surface area (Å²) in [5.74, 6) is -0.986. The minimum atomic E-state index is -4.12. The fraction of sp³-hybridized carbons (Fsp3) is 0.235. The Hall–Kier alpha value is -1.85. The Labute approximate surface area is 138 Å². The third kappa shape index (κ3) is 1.52. The van der Waals surface area contributed by atoms with Crippen molar-refractivity contribution in [2.45, 2.75) is 17.9 Å². The second kappa shape index (κ2) is 4.16. The zero-order chi connectivity index (χ0) is 15.9. The number of hydrogen-bond acceptors (Lipinski definition) is 3. The van der Waals surface area contributed by atoms with E-state index in [9.17, 15) is 13.2 Å². The molecule has 4 atom stereocenters. The normalized spacial score (nSPS) is 30.3. The maximum atomic E-state index is 12.9. The molecule has 2 aromatic rings. The van der Waals surface area contributed by atoms with Gasteiger partial charge in [-0.1, -0.05) is 48.5 Å². The second-order valence-electron chi connectivity index (χ2n) is 6.31. The van der Waals surface area contributed by atoms with Crippen LogP contribution in [0.1, 0.15) is 40.1 Å². The maximum Gasteiger partial charge on any atom is 0.324 e. The van der Waals surface area contributed by atoms with E-state index in [1.54, 1.807) is 0 Å². The summed E-state index contributed by atoms with van der Waals surface area (Å²) in [5, 5.41) is 0. The SMILES string of the molecule is O=C1[C@H]2[C@H]3c4ccccc4[C@@H]2[C@H](c2ccccc23)N1S(=O)(=O)Cl. The van der Waals surface area contributed by atoms with Crippen LogP contribution < -0.4 is 0 Å². The fourth-order valence-corrected chi connectivity index (χ4v) is 6.09. The van der Waals surface area contributed by atoms with Gasteiger partial charge in [-0.05, 0) is 22.3 Å². The van der Waals surface area contributed by atoms with Crippen molar-refractivity contribution in [3.63, 3.8) is 0 Å². The van der Waals surface area contributed by atoms with E-state index in [4.69, 9.17) is 10.7 Å². The average Bonchev–Trinajstić information content (AvgIpc) is 2.93. The van der Waals surface area contributed by atoms with Crippen molar-refractivity contribution in [1.29, 1.82) is 0 Å². The number of fused-ring (bicyclic) bond motifs is 5. The second-order valence-corrected chi connectivity index (χ2v) is 8.70. The van der Waals surface area contributed by atoms with Gasteiger partial charge in [-0.15, -0.1) is 0 Å². The smallest absolute Gasteiger partial charge is 0.273 e. The number of nitrogens with zero attached hydrogens (tertiary/aromatic N) is 1. The summed E-state index contributed by atoms with van der Waals surface area (Å²) >= 11 is 0. The van der Waals surface area contributed by atoms with Crippen molar-refractivity contribution < 1.29 is 13.2 Å². The van der Waals surface area contributed by atoms with Gasteiger partial charge in [0.1, 0.15) is 0 Å². The Morgan fingerprint density at radius 3 is 1.96 bits per heavy atom. The van der Waals surface area contributed by atoms with Gasteiger partial charge in [0.2, 0.25) is 5.91 Å². The van der Waals surface area contributed by atoms with E-state index in [-0.39, 0.29) is 23.7 Å². The zero-order valence-corrected chi connectivity index (χ0v) is 13.5. The lowest BCUT2D eigenvalue weighted by Crippen LogP contribution is -2.32.